The highest BCUT2D eigenvalue weighted by Crippen LogP contribution is 2.30. The van der Waals surface area contributed by atoms with E-state index in [0.717, 1.165) is 26.4 Å². The summed E-state index contributed by atoms with van der Waals surface area (Å²) >= 11 is 5.11. The Hall–Kier alpha value is -1.00. The van der Waals surface area contributed by atoms with Crippen LogP contribution >= 0.6 is 27.7 Å². The fourth-order valence-corrected chi connectivity index (χ4v) is 3.08. The molecule has 2 rings (SSSR count). The van der Waals surface area contributed by atoms with Crippen molar-refractivity contribution in [1.82, 2.24) is 0 Å². The van der Waals surface area contributed by atoms with Gasteiger partial charge in [0, 0.05) is 20.8 Å². The predicted molar refractivity (Wildman–Crippen MR) is 74.5 cm³/mol. The van der Waals surface area contributed by atoms with Crippen LogP contribution in [0.2, 0.25) is 0 Å². The molecule has 0 radical (unpaired) electrons. The van der Waals surface area contributed by atoms with E-state index in [0.29, 0.717) is 0 Å². The average Bonchev–Trinajstić information content (AvgIpc) is 2.31. The van der Waals surface area contributed by atoms with Gasteiger partial charge in [-0.3, -0.25) is 0 Å². The van der Waals surface area contributed by atoms with Gasteiger partial charge < -0.3 is 5.73 Å². The number of rotatable bonds is 3. The lowest BCUT2D eigenvalue weighted by atomic mass is 10.2. The topological polar surface area (TPSA) is 26.0 Å². The normalized spacial score (nSPS) is 10.5. The Kier molecular flexibility index (Phi) is 4.07. The summed E-state index contributed by atoms with van der Waals surface area (Å²) in [6.07, 6.45) is 0. The third-order valence-electron chi connectivity index (χ3n) is 2.35. The second kappa shape index (κ2) is 5.56. The van der Waals surface area contributed by atoms with Crippen LogP contribution in [0.5, 0.6) is 0 Å². The quantitative estimate of drug-likeness (QED) is 0.669. The van der Waals surface area contributed by atoms with Gasteiger partial charge in [-0.1, -0.05) is 22.0 Å². The highest BCUT2D eigenvalue weighted by Gasteiger charge is 2.04. The summed E-state index contributed by atoms with van der Waals surface area (Å²) in [6, 6.07) is 12.2. The lowest BCUT2D eigenvalue weighted by molar-refractivity contribution is 0.626. The molecule has 0 unspecified atom stereocenters. The summed E-state index contributed by atoms with van der Waals surface area (Å²) in [5.74, 6) is 0.550. The van der Waals surface area contributed by atoms with E-state index in [1.807, 2.05) is 18.2 Å². The zero-order valence-electron chi connectivity index (χ0n) is 8.99. The van der Waals surface area contributed by atoms with Gasteiger partial charge in [0.15, 0.2) is 0 Å². The molecule has 0 aliphatic heterocycles. The van der Waals surface area contributed by atoms with Crippen LogP contribution in [0.4, 0.5) is 10.1 Å². The smallest absolute Gasteiger partial charge is 0.123 e. The highest BCUT2D eigenvalue weighted by molar-refractivity contribution is 9.10. The van der Waals surface area contributed by atoms with E-state index in [1.54, 1.807) is 23.9 Å². The van der Waals surface area contributed by atoms with Crippen LogP contribution in [0.25, 0.3) is 0 Å². The SMILES string of the molecule is Nc1cccc(Br)c1CSc1ccc(F)cc1. The highest BCUT2D eigenvalue weighted by atomic mass is 79.9. The summed E-state index contributed by atoms with van der Waals surface area (Å²) in [7, 11) is 0. The van der Waals surface area contributed by atoms with Crippen molar-refractivity contribution in [3.63, 3.8) is 0 Å². The number of hydrogen-bond acceptors (Lipinski definition) is 2. The number of halogens is 2. The fourth-order valence-electron chi connectivity index (χ4n) is 1.41. The van der Waals surface area contributed by atoms with Crippen molar-refractivity contribution >= 4 is 33.4 Å². The molecular formula is C13H11BrFNS. The molecule has 2 aromatic carbocycles. The van der Waals surface area contributed by atoms with Gasteiger partial charge >= 0.3 is 0 Å². The van der Waals surface area contributed by atoms with Gasteiger partial charge in [-0.25, -0.2) is 4.39 Å². The van der Waals surface area contributed by atoms with Gasteiger partial charge in [0.2, 0.25) is 0 Å². The van der Waals surface area contributed by atoms with Crippen LogP contribution in [-0.4, -0.2) is 0 Å². The molecule has 0 amide bonds. The number of anilines is 1. The Labute approximate surface area is 112 Å². The molecule has 0 aliphatic carbocycles. The summed E-state index contributed by atoms with van der Waals surface area (Å²) in [4.78, 5) is 1.03. The molecule has 1 nitrogen and oxygen atoms in total. The predicted octanol–water partition coefficient (Wildman–Crippen LogP) is 4.46. The minimum Gasteiger partial charge on any atom is -0.398 e. The van der Waals surface area contributed by atoms with Gasteiger partial charge in [-0.2, -0.15) is 0 Å². The summed E-state index contributed by atoms with van der Waals surface area (Å²) < 4.78 is 13.7. The van der Waals surface area contributed by atoms with Crippen LogP contribution in [0.1, 0.15) is 5.56 Å². The maximum Gasteiger partial charge on any atom is 0.123 e. The third kappa shape index (κ3) is 3.23. The van der Waals surface area contributed by atoms with Crippen molar-refractivity contribution in [2.24, 2.45) is 0 Å². The summed E-state index contributed by atoms with van der Waals surface area (Å²) in [5.41, 5.74) is 7.75. The molecule has 4 heteroatoms. The average molecular weight is 312 g/mol. The van der Waals surface area contributed by atoms with Crippen LogP contribution in [0, 0.1) is 5.82 Å². The van der Waals surface area contributed by atoms with Crippen LogP contribution in [-0.2, 0) is 5.75 Å². The molecule has 2 aromatic rings. The first-order chi connectivity index (χ1) is 8.16. The van der Waals surface area contributed by atoms with E-state index in [2.05, 4.69) is 15.9 Å². The zero-order valence-corrected chi connectivity index (χ0v) is 11.4. The largest absolute Gasteiger partial charge is 0.398 e. The maximum absolute atomic E-state index is 12.7. The maximum atomic E-state index is 12.7. The van der Waals surface area contributed by atoms with Crippen molar-refractivity contribution in [3.8, 4) is 0 Å². The minimum atomic E-state index is -0.213. The molecule has 0 bridgehead atoms. The van der Waals surface area contributed by atoms with Crippen LogP contribution in [0.15, 0.2) is 51.8 Å². The molecule has 2 N–H and O–H groups in total. The van der Waals surface area contributed by atoms with Crippen LogP contribution in [0.3, 0.4) is 0 Å². The number of nitrogens with two attached hydrogens (primary N) is 1. The molecule has 88 valence electrons. The molecule has 0 fully saturated rings. The monoisotopic (exact) mass is 311 g/mol. The molecule has 17 heavy (non-hydrogen) atoms. The molecule has 0 spiro atoms. The molecule has 0 aliphatic rings. The van der Waals surface area contributed by atoms with E-state index < -0.39 is 0 Å². The van der Waals surface area contributed by atoms with E-state index in [4.69, 9.17) is 5.73 Å². The second-order valence-electron chi connectivity index (χ2n) is 3.55. The van der Waals surface area contributed by atoms with E-state index in [1.165, 1.54) is 12.1 Å². The van der Waals surface area contributed by atoms with E-state index in [9.17, 15) is 4.39 Å². The van der Waals surface area contributed by atoms with E-state index in [-0.39, 0.29) is 5.82 Å². The first-order valence-corrected chi connectivity index (χ1v) is 6.86. The van der Waals surface area contributed by atoms with Gasteiger partial charge in [-0.15, -0.1) is 11.8 Å². The first-order valence-electron chi connectivity index (χ1n) is 5.08. The van der Waals surface area contributed by atoms with Gasteiger partial charge in [0.05, 0.1) is 0 Å². The van der Waals surface area contributed by atoms with Crippen LogP contribution < -0.4 is 5.73 Å². The zero-order chi connectivity index (χ0) is 12.3. The minimum absolute atomic E-state index is 0.213. The Balaban J connectivity index is 2.10. The number of hydrogen-bond donors (Lipinski definition) is 1. The fraction of sp³-hybridized carbons (Fsp3) is 0.0769. The van der Waals surface area contributed by atoms with Gasteiger partial charge in [0.1, 0.15) is 5.82 Å². The lowest BCUT2D eigenvalue weighted by Gasteiger charge is -2.07. The molecule has 0 heterocycles. The summed E-state index contributed by atoms with van der Waals surface area (Å²) in [6.45, 7) is 0. The van der Waals surface area contributed by atoms with Gasteiger partial charge in [0.25, 0.3) is 0 Å². The van der Waals surface area contributed by atoms with Crippen molar-refractivity contribution in [3.05, 3.63) is 58.3 Å². The van der Waals surface area contributed by atoms with E-state index >= 15 is 0 Å². The molecule has 0 saturated heterocycles. The summed E-state index contributed by atoms with van der Waals surface area (Å²) in [5, 5.41) is 0. The van der Waals surface area contributed by atoms with Crippen molar-refractivity contribution in [1.29, 1.82) is 0 Å². The Morgan fingerprint density at radius 1 is 1.12 bits per heavy atom. The third-order valence-corrected chi connectivity index (χ3v) is 4.13. The Morgan fingerprint density at radius 3 is 2.47 bits per heavy atom. The number of nitrogen functional groups attached to an aromatic ring is 1. The number of benzene rings is 2. The molecule has 0 aromatic heterocycles. The van der Waals surface area contributed by atoms with Crippen molar-refractivity contribution < 1.29 is 4.39 Å². The molecular weight excluding hydrogens is 301 g/mol. The Morgan fingerprint density at radius 2 is 1.82 bits per heavy atom. The Bertz CT molecular complexity index is 493. The molecule has 0 saturated carbocycles. The van der Waals surface area contributed by atoms with Crippen molar-refractivity contribution in [2.75, 3.05) is 5.73 Å². The second-order valence-corrected chi connectivity index (χ2v) is 5.45. The first kappa shape index (κ1) is 12.5. The lowest BCUT2D eigenvalue weighted by Crippen LogP contribution is -1.93. The van der Waals surface area contributed by atoms with Crippen molar-refractivity contribution in [2.45, 2.75) is 10.6 Å². The number of thioether (sulfide) groups is 1. The standard InChI is InChI=1S/C13H11BrFNS/c14-12-2-1-3-13(16)11(12)8-17-10-6-4-9(15)5-7-10/h1-7H,8,16H2. The van der Waals surface area contributed by atoms with Gasteiger partial charge in [-0.05, 0) is 42.0 Å². The molecule has 0 atom stereocenters.